The zero-order valence-corrected chi connectivity index (χ0v) is 18.1. The number of ketones is 1. The number of amides is 1. The van der Waals surface area contributed by atoms with Crippen molar-refractivity contribution in [1.82, 2.24) is 4.57 Å². The minimum absolute atomic E-state index is 0.0579. The Morgan fingerprint density at radius 2 is 1.81 bits per heavy atom. The van der Waals surface area contributed by atoms with Gasteiger partial charge in [-0.2, -0.15) is 0 Å². The fourth-order valence-corrected chi connectivity index (χ4v) is 3.71. The summed E-state index contributed by atoms with van der Waals surface area (Å²) in [6.45, 7) is 7.96. The van der Waals surface area contributed by atoms with Crippen LogP contribution in [0.5, 0.6) is 0 Å². The van der Waals surface area contributed by atoms with Gasteiger partial charge < -0.3 is 9.15 Å². The van der Waals surface area contributed by atoms with Gasteiger partial charge in [-0.3, -0.25) is 24.3 Å². The summed E-state index contributed by atoms with van der Waals surface area (Å²) in [5.41, 5.74) is 1.94. The third-order valence-electron chi connectivity index (χ3n) is 5.01. The fourth-order valence-electron chi connectivity index (χ4n) is 3.71. The predicted octanol–water partition coefficient (Wildman–Crippen LogP) is 3.54. The molecule has 0 radical (unpaired) electrons. The molecule has 162 valence electrons. The lowest BCUT2D eigenvalue weighted by molar-refractivity contribution is -0.116. The highest BCUT2D eigenvalue weighted by atomic mass is 16.5. The minimum atomic E-state index is -0.770. The molecule has 1 N–H and O–H groups in total. The van der Waals surface area contributed by atoms with E-state index < -0.39 is 11.9 Å². The number of anilines is 1. The largest absolute Gasteiger partial charge is 0.462 e. The molecule has 8 nitrogen and oxygen atoms in total. The number of carbonyl (C=O) groups is 3. The van der Waals surface area contributed by atoms with Crippen LogP contribution in [-0.2, 0) is 16.1 Å². The number of fused-ring (bicyclic) bond motifs is 1. The van der Waals surface area contributed by atoms with E-state index in [0.29, 0.717) is 5.52 Å². The van der Waals surface area contributed by atoms with E-state index in [0.717, 1.165) is 16.5 Å². The van der Waals surface area contributed by atoms with Crippen molar-refractivity contribution in [2.45, 2.75) is 41.2 Å². The van der Waals surface area contributed by atoms with Crippen LogP contribution in [0, 0.1) is 20.8 Å². The van der Waals surface area contributed by atoms with Gasteiger partial charge in [0.2, 0.25) is 11.8 Å². The number of aromatic nitrogens is 1. The van der Waals surface area contributed by atoms with Crippen molar-refractivity contribution in [2.75, 3.05) is 11.9 Å². The number of aryl methyl sites for hydroxylation is 3. The second-order valence-electron chi connectivity index (χ2n) is 7.29. The average Bonchev–Trinajstić information content (AvgIpc) is 3.01. The summed E-state index contributed by atoms with van der Waals surface area (Å²) in [7, 11) is 0. The molecule has 2 aromatic heterocycles. The molecular weight excluding hydrogens is 400 g/mol. The molecule has 8 heteroatoms. The van der Waals surface area contributed by atoms with Gasteiger partial charge in [0.1, 0.15) is 17.9 Å². The normalized spacial score (nSPS) is 10.9. The topological polar surface area (TPSA) is 108 Å². The number of pyridine rings is 1. The summed E-state index contributed by atoms with van der Waals surface area (Å²) in [4.78, 5) is 49.9. The van der Waals surface area contributed by atoms with Crippen molar-refractivity contribution >= 4 is 34.4 Å². The average molecular weight is 424 g/mol. The Balaban J connectivity index is 2.01. The Morgan fingerprint density at radius 1 is 1.10 bits per heavy atom. The second kappa shape index (κ2) is 8.59. The SMILES string of the molecule is CCOC(=O)c1c(NC(=O)Cn2c(=O)cc(C)c3cccc(C)c32)oc(C)c1C(C)=O. The van der Waals surface area contributed by atoms with Gasteiger partial charge in [-0.25, -0.2) is 4.79 Å². The molecule has 0 bridgehead atoms. The highest BCUT2D eigenvalue weighted by molar-refractivity contribution is 6.10. The standard InChI is InChI=1S/C23H24N2O6/c1-6-30-23(29)20-19(14(4)26)15(5)31-22(20)24-17(27)11-25-18(28)10-13(3)16-9-7-8-12(2)21(16)25/h7-10H,6,11H2,1-5H3,(H,24,27). The van der Waals surface area contributed by atoms with Crippen molar-refractivity contribution in [1.29, 1.82) is 0 Å². The van der Waals surface area contributed by atoms with Crippen molar-refractivity contribution in [2.24, 2.45) is 0 Å². The number of esters is 1. The fraction of sp³-hybridized carbons (Fsp3) is 0.304. The Labute approximate surface area is 178 Å². The molecule has 31 heavy (non-hydrogen) atoms. The van der Waals surface area contributed by atoms with Crippen LogP contribution in [0.25, 0.3) is 10.9 Å². The maximum atomic E-state index is 12.8. The number of carbonyl (C=O) groups excluding carboxylic acids is 3. The quantitative estimate of drug-likeness (QED) is 0.479. The van der Waals surface area contributed by atoms with Gasteiger partial charge in [-0.05, 0) is 45.7 Å². The van der Waals surface area contributed by atoms with E-state index >= 15 is 0 Å². The molecule has 0 fully saturated rings. The lowest BCUT2D eigenvalue weighted by Crippen LogP contribution is -2.28. The molecule has 1 aromatic carbocycles. The molecule has 3 aromatic rings. The lowest BCUT2D eigenvalue weighted by atomic mass is 10.1. The third kappa shape index (κ3) is 4.14. The predicted molar refractivity (Wildman–Crippen MR) is 116 cm³/mol. The number of hydrogen-bond donors (Lipinski definition) is 1. The summed E-state index contributed by atoms with van der Waals surface area (Å²) in [5, 5.41) is 3.39. The lowest BCUT2D eigenvalue weighted by Gasteiger charge is -2.14. The number of para-hydroxylation sites is 1. The highest BCUT2D eigenvalue weighted by Gasteiger charge is 2.29. The first-order chi connectivity index (χ1) is 14.6. The van der Waals surface area contributed by atoms with Crippen molar-refractivity contribution in [3.05, 3.63) is 62.6 Å². The van der Waals surface area contributed by atoms with E-state index in [2.05, 4.69) is 5.32 Å². The molecule has 0 unspecified atom stereocenters. The van der Waals surface area contributed by atoms with Gasteiger partial charge in [0.05, 0.1) is 17.7 Å². The number of furan rings is 1. The van der Waals surface area contributed by atoms with Crippen molar-refractivity contribution < 1.29 is 23.5 Å². The number of ether oxygens (including phenoxy) is 1. The van der Waals surface area contributed by atoms with Crippen LogP contribution in [0.2, 0.25) is 0 Å². The summed E-state index contributed by atoms with van der Waals surface area (Å²) in [6, 6.07) is 7.12. The maximum absolute atomic E-state index is 12.8. The molecule has 0 aliphatic heterocycles. The molecular formula is C23H24N2O6. The Hall–Kier alpha value is -3.68. The van der Waals surface area contributed by atoms with Gasteiger partial charge in [-0.15, -0.1) is 0 Å². The number of nitrogens with one attached hydrogen (secondary N) is 1. The van der Waals surface area contributed by atoms with Gasteiger partial charge in [0.25, 0.3) is 5.56 Å². The van der Waals surface area contributed by atoms with Crippen LogP contribution in [-0.4, -0.2) is 28.8 Å². The molecule has 0 aliphatic carbocycles. The van der Waals surface area contributed by atoms with Crippen molar-refractivity contribution in [3.63, 3.8) is 0 Å². The summed E-state index contributed by atoms with van der Waals surface area (Å²) in [5.74, 6) is -1.72. The van der Waals surface area contributed by atoms with Crippen LogP contribution < -0.4 is 10.9 Å². The van der Waals surface area contributed by atoms with E-state index in [1.165, 1.54) is 24.5 Å². The highest BCUT2D eigenvalue weighted by Crippen LogP contribution is 2.29. The van der Waals surface area contributed by atoms with E-state index in [1.54, 1.807) is 6.92 Å². The van der Waals surface area contributed by atoms with Crippen LogP contribution in [0.15, 0.2) is 33.5 Å². The summed E-state index contributed by atoms with van der Waals surface area (Å²) in [6.07, 6.45) is 0. The van der Waals surface area contributed by atoms with E-state index in [1.807, 2.05) is 32.0 Å². The van der Waals surface area contributed by atoms with Crippen LogP contribution >= 0.6 is 0 Å². The van der Waals surface area contributed by atoms with Gasteiger partial charge >= 0.3 is 5.97 Å². The van der Waals surface area contributed by atoms with E-state index in [-0.39, 0.29) is 47.3 Å². The summed E-state index contributed by atoms with van der Waals surface area (Å²) < 4.78 is 11.9. The molecule has 0 saturated heterocycles. The van der Waals surface area contributed by atoms with Crippen LogP contribution in [0.1, 0.15) is 51.5 Å². The first-order valence-corrected chi connectivity index (χ1v) is 9.86. The Morgan fingerprint density at radius 3 is 2.45 bits per heavy atom. The summed E-state index contributed by atoms with van der Waals surface area (Å²) >= 11 is 0. The third-order valence-corrected chi connectivity index (χ3v) is 5.01. The molecule has 2 heterocycles. The van der Waals surface area contributed by atoms with Gasteiger partial charge in [-0.1, -0.05) is 18.2 Å². The number of hydrogen-bond acceptors (Lipinski definition) is 6. The number of nitrogens with zero attached hydrogens (tertiary/aromatic N) is 1. The zero-order valence-electron chi connectivity index (χ0n) is 18.1. The minimum Gasteiger partial charge on any atom is -0.462 e. The van der Waals surface area contributed by atoms with E-state index in [4.69, 9.17) is 9.15 Å². The molecule has 0 atom stereocenters. The molecule has 0 aliphatic rings. The van der Waals surface area contributed by atoms with Crippen LogP contribution in [0.3, 0.4) is 0 Å². The van der Waals surface area contributed by atoms with Gasteiger partial charge in [0, 0.05) is 11.5 Å². The van der Waals surface area contributed by atoms with Crippen LogP contribution in [0.4, 0.5) is 5.88 Å². The Kier molecular flexibility index (Phi) is 6.10. The molecule has 3 rings (SSSR count). The number of benzene rings is 1. The molecule has 0 saturated carbocycles. The zero-order chi connectivity index (χ0) is 22.9. The second-order valence-corrected chi connectivity index (χ2v) is 7.29. The first kappa shape index (κ1) is 22.0. The number of Topliss-reactive ketones (excluding diaryl/α,β-unsaturated/α-hetero) is 1. The first-order valence-electron chi connectivity index (χ1n) is 9.86. The molecule has 1 amide bonds. The van der Waals surface area contributed by atoms with E-state index in [9.17, 15) is 19.2 Å². The monoisotopic (exact) mass is 424 g/mol. The Bertz CT molecular complexity index is 1270. The maximum Gasteiger partial charge on any atom is 0.344 e. The van der Waals surface area contributed by atoms with Gasteiger partial charge in [0.15, 0.2) is 5.78 Å². The molecule has 0 spiro atoms. The number of rotatable bonds is 6. The smallest absolute Gasteiger partial charge is 0.344 e. The van der Waals surface area contributed by atoms with Crippen molar-refractivity contribution in [3.8, 4) is 0 Å².